The van der Waals surface area contributed by atoms with Crippen molar-refractivity contribution >= 4 is 15.9 Å². The minimum atomic E-state index is -3.66. The normalized spacial score (nSPS) is 12.2. The van der Waals surface area contributed by atoms with E-state index in [2.05, 4.69) is 20.8 Å². The van der Waals surface area contributed by atoms with Gasteiger partial charge in [-0.2, -0.15) is 0 Å². The first-order valence-electron chi connectivity index (χ1n) is 6.85. The van der Waals surface area contributed by atoms with E-state index in [-0.39, 0.29) is 16.2 Å². The van der Waals surface area contributed by atoms with Gasteiger partial charge in [0.25, 0.3) is 0 Å². The maximum Gasteiger partial charge on any atom is 0.238 e. The monoisotopic (exact) mass is 312 g/mol. The number of nitrogens with zero attached hydrogens (tertiary/aromatic N) is 1. The summed E-state index contributed by atoms with van der Waals surface area (Å²) in [5.41, 5.74) is 0.988. The Balaban J connectivity index is 2.58. The van der Waals surface area contributed by atoms with E-state index in [0.717, 1.165) is 5.56 Å². The SMILES string of the molecule is CN(CC(C)(C)C)C(=O)CCc1ccc(S(N)(=O)=O)cc1. The van der Waals surface area contributed by atoms with Crippen molar-refractivity contribution in [2.75, 3.05) is 13.6 Å². The molecule has 0 atom stereocenters. The summed E-state index contributed by atoms with van der Waals surface area (Å²) in [6.45, 7) is 6.96. The third-order valence-electron chi connectivity index (χ3n) is 3.02. The van der Waals surface area contributed by atoms with E-state index in [0.29, 0.717) is 19.4 Å². The Hall–Kier alpha value is -1.40. The summed E-state index contributed by atoms with van der Waals surface area (Å²) in [6.07, 6.45) is 0.986. The van der Waals surface area contributed by atoms with Crippen LogP contribution in [0.1, 0.15) is 32.8 Å². The molecule has 0 radical (unpaired) electrons. The fourth-order valence-corrected chi connectivity index (χ4v) is 2.60. The van der Waals surface area contributed by atoms with Crippen molar-refractivity contribution in [1.29, 1.82) is 0 Å². The summed E-state index contributed by atoms with van der Waals surface area (Å²) >= 11 is 0. The van der Waals surface area contributed by atoms with Crippen LogP contribution in [0.3, 0.4) is 0 Å². The Morgan fingerprint density at radius 1 is 1.19 bits per heavy atom. The highest BCUT2D eigenvalue weighted by Gasteiger charge is 2.17. The molecule has 0 aliphatic carbocycles. The second-order valence-electron chi connectivity index (χ2n) is 6.50. The highest BCUT2D eigenvalue weighted by Crippen LogP contribution is 2.15. The molecule has 0 heterocycles. The van der Waals surface area contributed by atoms with Gasteiger partial charge in [0.1, 0.15) is 0 Å². The molecule has 118 valence electrons. The lowest BCUT2D eigenvalue weighted by Gasteiger charge is -2.26. The molecule has 0 aliphatic heterocycles. The van der Waals surface area contributed by atoms with Gasteiger partial charge in [0, 0.05) is 20.0 Å². The van der Waals surface area contributed by atoms with Gasteiger partial charge in [-0.15, -0.1) is 0 Å². The largest absolute Gasteiger partial charge is 0.345 e. The van der Waals surface area contributed by atoms with Crippen LogP contribution in [0, 0.1) is 5.41 Å². The van der Waals surface area contributed by atoms with Crippen molar-refractivity contribution in [2.45, 2.75) is 38.5 Å². The van der Waals surface area contributed by atoms with Gasteiger partial charge in [-0.05, 0) is 29.5 Å². The minimum absolute atomic E-state index is 0.0710. The average molecular weight is 312 g/mol. The van der Waals surface area contributed by atoms with E-state index in [1.54, 1.807) is 24.1 Å². The van der Waals surface area contributed by atoms with Crippen LogP contribution in [0.25, 0.3) is 0 Å². The fraction of sp³-hybridized carbons (Fsp3) is 0.533. The van der Waals surface area contributed by atoms with Crippen molar-refractivity contribution in [1.82, 2.24) is 4.90 Å². The maximum atomic E-state index is 12.0. The molecule has 0 bridgehead atoms. The maximum absolute atomic E-state index is 12.0. The molecule has 0 spiro atoms. The molecule has 5 nitrogen and oxygen atoms in total. The Morgan fingerprint density at radius 3 is 2.14 bits per heavy atom. The molecule has 0 saturated carbocycles. The second-order valence-corrected chi connectivity index (χ2v) is 8.06. The number of aryl methyl sites for hydroxylation is 1. The molecule has 1 rings (SSSR count). The first-order valence-corrected chi connectivity index (χ1v) is 8.39. The van der Waals surface area contributed by atoms with Crippen molar-refractivity contribution in [2.24, 2.45) is 10.6 Å². The first-order chi connectivity index (χ1) is 9.49. The van der Waals surface area contributed by atoms with Gasteiger partial charge in [-0.1, -0.05) is 32.9 Å². The Morgan fingerprint density at radius 2 is 1.71 bits per heavy atom. The molecule has 0 aromatic heterocycles. The fourth-order valence-electron chi connectivity index (χ4n) is 2.09. The second kappa shape index (κ2) is 6.58. The standard InChI is InChI=1S/C15H24N2O3S/c1-15(2,3)11-17(4)14(18)10-7-12-5-8-13(9-6-12)21(16,19)20/h5-6,8-9H,7,10-11H2,1-4H3,(H2,16,19,20). The van der Waals surface area contributed by atoms with E-state index in [1.807, 2.05) is 0 Å². The van der Waals surface area contributed by atoms with Gasteiger partial charge < -0.3 is 4.90 Å². The lowest BCUT2D eigenvalue weighted by atomic mass is 9.96. The number of hydrogen-bond donors (Lipinski definition) is 1. The number of carbonyl (C=O) groups excluding carboxylic acids is 1. The number of sulfonamides is 1. The van der Waals surface area contributed by atoms with Gasteiger partial charge in [-0.25, -0.2) is 13.6 Å². The molecular weight excluding hydrogens is 288 g/mol. The van der Waals surface area contributed by atoms with Crippen LogP contribution in [0.5, 0.6) is 0 Å². The van der Waals surface area contributed by atoms with E-state index in [9.17, 15) is 13.2 Å². The van der Waals surface area contributed by atoms with Crippen molar-refractivity contribution in [3.05, 3.63) is 29.8 Å². The number of benzene rings is 1. The predicted molar refractivity (Wildman–Crippen MR) is 83.2 cm³/mol. The lowest BCUT2D eigenvalue weighted by Crippen LogP contribution is -2.34. The van der Waals surface area contributed by atoms with Crippen molar-refractivity contribution in [3.63, 3.8) is 0 Å². The minimum Gasteiger partial charge on any atom is -0.345 e. The highest BCUT2D eigenvalue weighted by atomic mass is 32.2. The Bertz CT molecular complexity index is 586. The molecule has 2 N–H and O–H groups in total. The summed E-state index contributed by atoms with van der Waals surface area (Å²) in [6, 6.07) is 6.32. The van der Waals surface area contributed by atoms with E-state index in [4.69, 9.17) is 5.14 Å². The summed E-state index contributed by atoms with van der Waals surface area (Å²) in [5.74, 6) is 0.0837. The summed E-state index contributed by atoms with van der Waals surface area (Å²) in [4.78, 5) is 13.9. The molecule has 1 amide bonds. The third-order valence-corrected chi connectivity index (χ3v) is 3.95. The molecule has 0 aliphatic rings. The van der Waals surface area contributed by atoms with Crippen molar-refractivity contribution in [3.8, 4) is 0 Å². The summed E-state index contributed by atoms with van der Waals surface area (Å²) in [5, 5.41) is 5.04. The van der Waals surface area contributed by atoms with Crippen LogP contribution < -0.4 is 5.14 Å². The number of nitrogens with two attached hydrogens (primary N) is 1. The Kier molecular flexibility index (Phi) is 5.53. The molecule has 21 heavy (non-hydrogen) atoms. The van der Waals surface area contributed by atoms with Crippen LogP contribution in [-0.2, 0) is 21.2 Å². The van der Waals surface area contributed by atoms with Gasteiger partial charge in [-0.3, -0.25) is 4.79 Å². The predicted octanol–water partition coefficient (Wildman–Crippen LogP) is 1.77. The van der Waals surface area contributed by atoms with E-state index >= 15 is 0 Å². The zero-order valence-electron chi connectivity index (χ0n) is 13.1. The van der Waals surface area contributed by atoms with E-state index < -0.39 is 10.0 Å². The average Bonchev–Trinajstić information content (AvgIpc) is 2.33. The number of primary sulfonamides is 1. The molecule has 1 aromatic carbocycles. The number of amides is 1. The van der Waals surface area contributed by atoms with Gasteiger partial charge in [0.15, 0.2) is 0 Å². The van der Waals surface area contributed by atoms with Crippen LogP contribution in [-0.4, -0.2) is 32.8 Å². The number of hydrogen-bond acceptors (Lipinski definition) is 3. The summed E-state index contributed by atoms with van der Waals surface area (Å²) < 4.78 is 22.3. The van der Waals surface area contributed by atoms with Crippen LogP contribution in [0.15, 0.2) is 29.2 Å². The van der Waals surface area contributed by atoms with Gasteiger partial charge in [0.05, 0.1) is 4.90 Å². The van der Waals surface area contributed by atoms with Crippen LogP contribution >= 0.6 is 0 Å². The zero-order valence-corrected chi connectivity index (χ0v) is 13.9. The molecule has 0 fully saturated rings. The topological polar surface area (TPSA) is 80.5 Å². The number of rotatable bonds is 5. The molecule has 0 saturated heterocycles. The van der Waals surface area contributed by atoms with E-state index in [1.165, 1.54) is 12.1 Å². The molecule has 6 heteroatoms. The highest BCUT2D eigenvalue weighted by molar-refractivity contribution is 7.89. The van der Waals surface area contributed by atoms with Crippen molar-refractivity contribution < 1.29 is 13.2 Å². The van der Waals surface area contributed by atoms with Gasteiger partial charge in [0.2, 0.25) is 15.9 Å². The molecule has 1 aromatic rings. The summed E-state index contributed by atoms with van der Waals surface area (Å²) in [7, 11) is -1.86. The smallest absolute Gasteiger partial charge is 0.238 e. The zero-order chi connectivity index (χ0) is 16.3. The van der Waals surface area contributed by atoms with Gasteiger partial charge >= 0.3 is 0 Å². The lowest BCUT2D eigenvalue weighted by molar-refractivity contribution is -0.131. The quantitative estimate of drug-likeness (QED) is 0.899. The molecular formula is C15H24N2O3S. The molecule has 0 unspecified atom stereocenters. The number of carbonyl (C=O) groups is 1. The van der Waals surface area contributed by atoms with Crippen LogP contribution in [0.4, 0.5) is 0 Å². The Labute approximate surface area is 127 Å². The first kappa shape index (κ1) is 17.7. The van der Waals surface area contributed by atoms with Crippen LogP contribution in [0.2, 0.25) is 0 Å². The third kappa shape index (κ3) is 6.27.